The van der Waals surface area contributed by atoms with E-state index in [1.165, 1.54) is 12.1 Å². The summed E-state index contributed by atoms with van der Waals surface area (Å²) in [6.07, 6.45) is 1.65. The Kier molecular flexibility index (Phi) is 4.11. The smallest absolute Gasteiger partial charge is 0.335 e. The highest BCUT2D eigenvalue weighted by molar-refractivity contribution is 5.90. The number of hydrogen-bond acceptors (Lipinski definition) is 5. The molecule has 0 unspecified atom stereocenters. The molecule has 0 fully saturated rings. The fourth-order valence-electron chi connectivity index (χ4n) is 2.75. The molecule has 132 valence electrons. The van der Waals surface area contributed by atoms with Crippen molar-refractivity contribution in [3.05, 3.63) is 71.5 Å². The summed E-state index contributed by atoms with van der Waals surface area (Å²) >= 11 is 0. The van der Waals surface area contributed by atoms with Crippen molar-refractivity contribution >= 4 is 17.6 Å². The van der Waals surface area contributed by atoms with Crippen molar-refractivity contribution in [1.29, 1.82) is 5.26 Å². The van der Waals surface area contributed by atoms with Gasteiger partial charge in [0.2, 0.25) is 6.79 Å². The summed E-state index contributed by atoms with van der Waals surface area (Å²) in [7, 11) is 0. The summed E-state index contributed by atoms with van der Waals surface area (Å²) in [5.74, 6) is 1.38. The molecule has 0 bridgehead atoms. The van der Waals surface area contributed by atoms with Crippen molar-refractivity contribution in [3.8, 4) is 28.9 Å². The van der Waals surface area contributed by atoms with Gasteiger partial charge in [0, 0.05) is 5.56 Å². The molecule has 1 aromatic heterocycles. The Bertz CT molecular complexity index is 1090. The summed E-state index contributed by atoms with van der Waals surface area (Å²) < 4.78 is 16.4. The van der Waals surface area contributed by atoms with Crippen molar-refractivity contribution in [1.82, 2.24) is 0 Å². The van der Waals surface area contributed by atoms with Gasteiger partial charge >= 0.3 is 5.97 Å². The third kappa shape index (κ3) is 3.26. The predicted octanol–water partition coefficient (Wildman–Crippen LogP) is 4.44. The molecular weight excluding hydrogens is 346 g/mol. The number of furan rings is 1. The zero-order chi connectivity index (χ0) is 18.8. The second kappa shape index (κ2) is 6.73. The van der Waals surface area contributed by atoms with E-state index >= 15 is 0 Å². The van der Waals surface area contributed by atoms with Gasteiger partial charge in [0.1, 0.15) is 11.5 Å². The van der Waals surface area contributed by atoms with Crippen LogP contribution in [-0.2, 0) is 0 Å². The van der Waals surface area contributed by atoms with Crippen LogP contribution in [0.5, 0.6) is 11.5 Å². The van der Waals surface area contributed by atoms with Crippen LogP contribution in [-0.4, -0.2) is 17.9 Å². The summed E-state index contributed by atoms with van der Waals surface area (Å²) in [6.45, 7) is 0.173. The molecule has 0 spiro atoms. The highest BCUT2D eigenvalue weighted by Gasteiger charge is 2.15. The van der Waals surface area contributed by atoms with E-state index in [2.05, 4.69) is 6.07 Å². The first-order valence-corrected chi connectivity index (χ1v) is 8.09. The molecule has 2 heterocycles. The van der Waals surface area contributed by atoms with Crippen molar-refractivity contribution < 1.29 is 23.8 Å². The normalized spacial score (nSPS) is 12.6. The topological polar surface area (TPSA) is 92.7 Å². The van der Waals surface area contributed by atoms with E-state index in [4.69, 9.17) is 19.0 Å². The highest BCUT2D eigenvalue weighted by Crippen LogP contribution is 2.35. The van der Waals surface area contributed by atoms with Gasteiger partial charge in [-0.3, -0.25) is 0 Å². The van der Waals surface area contributed by atoms with E-state index < -0.39 is 5.97 Å². The molecule has 0 saturated heterocycles. The van der Waals surface area contributed by atoms with Gasteiger partial charge in [0.25, 0.3) is 0 Å². The van der Waals surface area contributed by atoms with Gasteiger partial charge in [-0.15, -0.1) is 0 Å². The predicted molar refractivity (Wildman–Crippen MR) is 97.2 cm³/mol. The second-order valence-electron chi connectivity index (χ2n) is 5.82. The number of carbonyl (C=O) groups is 1. The molecule has 2 aromatic carbocycles. The second-order valence-corrected chi connectivity index (χ2v) is 5.82. The standard InChI is InChI=1S/C21H13NO5/c22-11-16(15-5-7-19-20(10-15)26-12-25-19)9-17-6-8-18(27-17)13-1-3-14(4-2-13)21(23)24/h1-10H,12H2,(H,23,24)/b16-9+. The molecule has 1 aliphatic rings. The minimum Gasteiger partial charge on any atom is -0.478 e. The van der Waals surface area contributed by atoms with E-state index in [9.17, 15) is 10.1 Å². The lowest BCUT2D eigenvalue weighted by atomic mass is 10.1. The van der Waals surface area contributed by atoms with Gasteiger partial charge in [0.15, 0.2) is 11.5 Å². The average molecular weight is 359 g/mol. The van der Waals surface area contributed by atoms with Gasteiger partial charge in [-0.2, -0.15) is 5.26 Å². The minimum atomic E-state index is -0.980. The van der Waals surface area contributed by atoms with Crippen LogP contribution < -0.4 is 9.47 Å². The number of fused-ring (bicyclic) bond motifs is 1. The Balaban J connectivity index is 1.62. The molecule has 27 heavy (non-hydrogen) atoms. The maximum atomic E-state index is 10.9. The van der Waals surface area contributed by atoms with Crippen LogP contribution in [0.3, 0.4) is 0 Å². The molecule has 0 aliphatic carbocycles. The maximum Gasteiger partial charge on any atom is 0.335 e. The Morgan fingerprint density at radius 3 is 2.48 bits per heavy atom. The number of rotatable bonds is 4. The zero-order valence-electron chi connectivity index (χ0n) is 14.0. The average Bonchev–Trinajstić information content (AvgIpc) is 3.35. The van der Waals surface area contributed by atoms with E-state index in [-0.39, 0.29) is 12.4 Å². The molecule has 0 atom stereocenters. The fourth-order valence-corrected chi connectivity index (χ4v) is 2.75. The lowest BCUT2D eigenvalue weighted by Gasteiger charge is -2.01. The van der Waals surface area contributed by atoms with Gasteiger partial charge in [-0.05, 0) is 54.1 Å². The molecule has 1 N–H and O–H groups in total. The molecule has 0 saturated carbocycles. The Labute approximate surface area is 154 Å². The molecule has 4 rings (SSSR count). The molecule has 1 aliphatic heterocycles. The van der Waals surface area contributed by atoms with Gasteiger partial charge in [-0.25, -0.2) is 4.79 Å². The van der Waals surface area contributed by atoms with Crippen molar-refractivity contribution in [2.45, 2.75) is 0 Å². The number of hydrogen-bond donors (Lipinski definition) is 1. The Hall–Kier alpha value is -3.98. The molecular formula is C21H13NO5. The van der Waals surface area contributed by atoms with E-state index in [0.717, 1.165) is 5.56 Å². The largest absolute Gasteiger partial charge is 0.478 e. The highest BCUT2D eigenvalue weighted by atomic mass is 16.7. The van der Waals surface area contributed by atoms with Gasteiger partial charge < -0.3 is 19.0 Å². The zero-order valence-corrected chi connectivity index (χ0v) is 14.0. The third-order valence-electron chi connectivity index (χ3n) is 4.13. The number of carboxylic acid groups (broad SMARTS) is 1. The first-order valence-electron chi connectivity index (χ1n) is 8.09. The van der Waals surface area contributed by atoms with E-state index in [1.807, 2.05) is 0 Å². The number of carboxylic acids is 1. The summed E-state index contributed by atoms with van der Waals surface area (Å²) in [6, 6.07) is 17.4. The number of aromatic carboxylic acids is 1. The molecule has 0 radical (unpaired) electrons. The molecule has 6 heteroatoms. The molecule has 6 nitrogen and oxygen atoms in total. The summed E-state index contributed by atoms with van der Waals surface area (Å²) in [5, 5.41) is 18.5. The van der Waals surface area contributed by atoms with Crippen LogP contribution in [0.15, 0.2) is 59.0 Å². The van der Waals surface area contributed by atoms with Crippen LogP contribution >= 0.6 is 0 Å². The Morgan fingerprint density at radius 1 is 1.00 bits per heavy atom. The van der Waals surface area contributed by atoms with Crippen LogP contribution in [0, 0.1) is 11.3 Å². The minimum absolute atomic E-state index is 0.173. The number of ether oxygens (including phenoxy) is 2. The van der Waals surface area contributed by atoms with E-state index in [1.54, 1.807) is 48.5 Å². The lowest BCUT2D eigenvalue weighted by Crippen LogP contribution is -1.94. The van der Waals surface area contributed by atoms with Crippen LogP contribution in [0.1, 0.15) is 21.7 Å². The maximum absolute atomic E-state index is 10.9. The van der Waals surface area contributed by atoms with Gasteiger partial charge in [-0.1, -0.05) is 12.1 Å². The number of allylic oxidation sites excluding steroid dienone is 1. The lowest BCUT2D eigenvalue weighted by molar-refractivity contribution is 0.0697. The van der Waals surface area contributed by atoms with Crippen LogP contribution in [0.2, 0.25) is 0 Å². The number of nitrogens with zero attached hydrogens (tertiary/aromatic N) is 1. The molecule has 3 aromatic rings. The van der Waals surface area contributed by atoms with Crippen molar-refractivity contribution in [2.75, 3.05) is 6.79 Å². The number of nitriles is 1. The number of benzene rings is 2. The van der Waals surface area contributed by atoms with Crippen molar-refractivity contribution in [3.63, 3.8) is 0 Å². The SMILES string of the molecule is N#C/C(=C\c1ccc(-c2ccc(C(=O)O)cc2)o1)c1ccc2c(c1)OCO2. The quantitative estimate of drug-likeness (QED) is 0.692. The van der Waals surface area contributed by atoms with Crippen LogP contribution in [0.25, 0.3) is 23.0 Å². The Morgan fingerprint density at radius 2 is 1.74 bits per heavy atom. The summed E-state index contributed by atoms with van der Waals surface area (Å²) in [4.78, 5) is 10.9. The van der Waals surface area contributed by atoms with E-state index in [0.29, 0.717) is 34.2 Å². The summed E-state index contributed by atoms with van der Waals surface area (Å²) in [5.41, 5.74) is 2.09. The molecule has 0 amide bonds. The van der Waals surface area contributed by atoms with Crippen molar-refractivity contribution in [2.24, 2.45) is 0 Å². The fraction of sp³-hybridized carbons (Fsp3) is 0.0476. The third-order valence-corrected chi connectivity index (χ3v) is 4.13. The first-order chi connectivity index (χ1) is 13.1. The van der Waals surface area contributed by atoms with Gasteiger partial charge in [0.05, 0.1) is 17.2 Å². The first kappa shape index (κ1) is 16.5. The van der Waals surface area contributed by atoms with Crippen LogP contribution in [0.4, 0.5) is 0 Å². The monoisotopic (exact) mass is 359 g/mol.